The number of carbonyl (C=O) groups is 2. The van der Waals surface area contributed by atoms with Crippen molar-refractivity contribution in [2.75, 3.05) is 10.6 Å². The molecule has 0 saturated carbocycles. The van der Waals surface area contributed by atoms with Crippen molar-refractivity contribution in [2.45, 2.75) is 6.42 Å². The zero-order chi connectivity index (χ0) is 19.2. The Morgan fingerprint density at radius 1 is 0.852 bits per heavy atom. The second-order valence-electron chi connectivity index (χ2n) is 5.93. The molecule has 0 aliphatic rings. The Bertz CT molecular complexity index is 954. The molecule has 136 valence electrons. The van der Waals surface area contributed by atoms with Gasteiger partial charge in [0.05, 0.1) is 6.42 Å². The molecule has 3 N–H and O–H groups in total. The van der Waals surface area contributed by atoms with Crippen molar-refractivity contribution in [1.82, 2.24) is 0 Å². The summed E-state index contributed by atoms with van der Waals surface area (Å²) in [7, 11) is 0. The Hall–Kier alpha value is -3.31. The van der Waals surface area contributed by atoms with Gasteiger partial charge in [0, 0.05) is 28.0 Å². The third-order valence-electron chi connectivity index (χ3n) is 3.81. The zero-order valence-corrected chi connectivity index (χ0v) is 15.0. The van der Waals surface area contributed by atoms with Crippen molar-refractivity contribution >= 4 is 34.8 Å². The van der Waals surface area contributed by atoms with Gasteiger partial charge in [-0.1, -0.05) is 29.8 Å². The van der Waals surface area contributed by atoms with E-state index in [-0.39, 0.29) is 24.0 Å². The van der Waals surface area contributed by atoms with Crippen LogP contribution in [0.25, 0.3) is 0 Å². The molecule has 3 aromatic carbocycles. The first-order valence-electron chi connectivity index (χ1n) is 8.24. The second-order valence-corrected chi connectivity index (χ2v) is 6.37. The number of amides is 2. The average Bonchev–Trinajstić information content (AvgIpc) is 2.64. The summed E-state index contributed by atoms with van der Waals surface area (Å²) >= 11 is 5.83. The highest BCUT2D eigenvalue weighted by atomic mass is 35.5. The predicted molar refractivity (Wildman–Crippen MR) is 106 cm³/mol. The first-order valence-corrected chi connectivity index (χ1v) is 8.62. The molecule has 0 bridgehead atoms. The van der Waals surface area contributed by atoms with Crippen molar-refractivity contribution < 1.29 is 14.7 Å². The van der Waals surface area contributed by atoms with Crippen molar-refractivity contribution in [2.24, 2.45) is 0 Å². The number of anilines is 2. The zero-order valence-electron chi connectivity index (χ0n) is 14.3. The fourth-order valence-corrected chi connectivity index (χ4v) is 2.61. The van der Waals surface area contributed by atoms with E-state index in [9.17, 15) is 14.7 Å². The van der Waals surface area contributed by atoms with Crippen LogP contribution in [0.3, 0.4) is 0 Å². The van der Waals surface area contributed by atoms with Crippen LogP contribution in [0.4, 0.5) is 11.4 Å². The number of halogens is 1. The average molecular weight is 381 g/mol. The highest BCUT2D eigenvalue weighted by Gasteiger charge is 2.08. The molecule has 0 atom stereocenters. The number of benzene rings is 3. The van der Waals surface area contributed by atoms with Crippen molar-refractivity contribution in [1.29, 1.82) is 0 Å². The molecule has 3 rings (SSSR count). The smallest absolute Gasteiger partial charge is 0.255 e. The Balaban J connectivity index is 1.58. The van der Waals surface area contributed by atoms with Gasteiger partial charge in [0.1, 0.15) is 5.75 Å². The number of phenols is 1. The lowest BCUT2D eigenvalue weighted by Crippen LogP contribution is -2.15. The van der Waals surface area contributed by atoms with Crippen LogP contribution in [-0.4, -0.2) is 16.9 Å². The highest BCUT2D eigenvalue weighted by Crippen LogP contribution is 2.17. The first kappa shape index (κ1) is 18.5. The van der Waals surface area contributed by atoms with Gasteiger partial charge in [-0.25, -0.2) is 0 Å². The van der Waals surface area contributed by atoms with E-state index in [1.54, 1.807) is 60.7 Å². The molecule has 0 heterocycles. The molecular formula is C21H17ClN2O3. The number of aromatic hydroxyl groups is 1. The number of hydrogen-bond acceptors (Lipinski definition) is 3. The molecule has 0 fully saturated rings. The summed E-state index contributed by atoms with van der Waals surface area (Å²) in [5.41, 5.74) is 2.40. The van der Waals surface area contributed by atoms with Crippen molar-refractivity contribution in [3.8, 4) is 5.75 Å². The van der Waals surface area contributed by atoms with E-state index in [2.05, 4.69) is 10.6 Å². The van der Waals surface area contributed by atoms with Crippen LogP contribution in [-0.2, 0) is 11.2 Å². The molecule has 5 nitrogen and oxygen atoms in total. The number of hydrogen-bond donors (Lipinski definition) is 3. The number of carbonyl (C=O) groups excluding carboxylic acids is 2. The molecular weight excluding hydrogens is 364 g/mol. The van der Waals surface area contributed by atoms with E-state index in [1.165, 1.54) is 12.1 Å². The van der Waals surface area contributed by atoms with Gasteiger partial charge in [-0.3, -0.25) is 9.59 Å². The van der Waals surface area contributed by atoms with Crippen LogP contribution in [0.1, 0.15) is 15.9 Å². The fourth-order valence-electron chi connectivity index (χ4n) is 2.48. The van der Waals surface area contributed by atoms with Crippen LogP contribution < -0.4 is 10.6 Å². The Morgan fingerprint density at radius 2 is 1.56 bits per heavy atom. The van der Waals surface area contributed by atoms with E-state index < -0.39 is 0 Å². The quantitative estimate of drug-likeness (QED) is 0.610. The maximum absolute atomic E-state index is 12.2. The minimum atomic E-state index is -0.306. The van der Waals surface area contributed by atoms with Gasteiger partial charge in [0.2, 0.25) is 5.91 Å². The predicted octanol–water partition coefficient (Wildman–Crippen LogP) is 4.48. The molecule has 0 saturated heterocycles. The summed E-state index contributed by atoms with van der Waals surface area (Å²) in [6.07, 6.45) is 0.233. The number of nitrogens with one attached hydrogen (secondary N) is 2. The van der Waals surface area contributed by atoms with Crippen LogP contribution in [0.15, 0.2) is 72.8 Å². The minimum Gasteiger partial charge on any atom is -0.508 e. The number of phenolic OH excluding ortho intramolecular Hbond substituents is 1. The van der Waals surface area contributed by atoms with E-state index in [4.69, 9.17) is 11.6 Å². The molecule has 0 radical (unpaired) electrons. The number of rotatable bonds is 5. The Morgan fingerprint density at radius 3 is 2.22 bits per heavy atom. The van der Waals surface area contributed by atoms with Crippen LogP contribution in [0.2, 0.25) is 5.02 Å². The summed E-state index contributed by atoms with van der Waals surface area (Å²) in [5, 5.41) is 15.6. The molecule has 0 unspecified atom stereocenters. The fraction of sp³-hybridized carbons (Fsp3) is 0.0476. The SMILES string of the molecule is O=C(Cc1ccc(Cl)cc1)Nc1ccc(C(=O)Nc2cccc(O)c2)cc1. The van der Waals surface area contributed by atoms with E-state index in [1.807, 2.05) is 0 Å². The lowest BCUT2D eigenvalue weighted by atomic mass is 10.1. The van der Waals surface area contributed by atoms with Gasteiger partial charge in [0.15, 0.2) is 0 Å². The summed E-state index contributed by atoms with van der Waals surface area (Å²) < 4.78 is 0. The molecule has 6 heteroatoms. The standard InChI is InChI=1S/C21H17ClN2O3/c22-16-8-4-14(5-9-16)12-20(26)23-17-10-6-15(7-11-17)21(27)24-18-2-1-3-19(25)13-18/h1-11,13,25H,12H2,(H,23,26)(H,24,27). The topological polar surface area (TPSA) is 78.4 Å². The maximum Gasteiger partial charge on any atom is 0.255 e. The van der Waals surface area contributed by atoms with Gasteiger partial charge in [-0.15, -0.1) is 0 Å². The largest absolute Gasteiger partial charge is 0.508 e. The molecule has 3 aromatic rings. The van der Waals surface area contributed by atoms with Gasteiger partial charge in [-0.2, -0.15) is 0 Å². The normalized spacial score (nSPS) is 10.3. The second kappa shape index (κ2) is 8.38. The maximum atomic E-state index is 12.2. The minimum absolute atomic E-state index is 0.0755. The van der Waals surface area contributed by atoms with Crippen LogP contribution in [0.5, 0.6) is 5.75 Å². The molecule has 27 heavy (non-hydrogen) atoms. The third kappa shape index (κ3) is 5.33. The van der Waals surface area contributed by atoms with Gasteiger partial charge < -0.3 is 15.7 Å². The summed E-state index contributed by atoms with van der Waals surface area (Å²) in [6.45, 7) is 0. The highest BCUT2D eigenvalue weighted by molar-refractivity contribution is 6.30. The molecule has 0 aromatic heterocycles. The Labute approximate surface area is 161 Å². The monoisotopic (exact) mass is 380 g/mol. The van der Waals surface area contributed by atoms with E-state index in [0.717, 1.165) is 5.56 Å². The van der Waals surface area contributed by atoms with Crippen molar-refractivity contribution in [3.63, 3.8) is 0 Å². The molecule has 0 spiro atoms. The van der Waals surface area contributed by atoms with E-state index >= 15 is 0 Å². The molecule has 2 amide bonds. The molecule has 0 aliphatic carbocycles. The van der Waals surface area contributed by atoms with Gasteiger partial charge in [-0.05, 0) is 54.1 Å². The summed E-state index contributed by atoms with van der Waals surface area (Å²) in [4.78, 5) is 24.3. The lowest BCUT2D eigenvalue weighted by Gasteiger charge is -2.08. The lowest BCUT2D eigenvalue weighted by molar-refractivity contribution is -0.115. The molecule has 0 aliphatic heterocycles. The van der Waals surface area contributed by atoms with Gasteiger partial charge >= 0.3 is 0 Å². The van der Waals surface area contributed by atoms with E-state index in [0.29, 0.717) is 22.0 Å². The summed E-state index contributed by atoms with van der Waals surface area (Å²) in [6, 6.07) is 20.0. The van der Waals surface area contributed by atoms with Crippen LogP contribution in [0, 0.1) is 0 Å². The summed E-state index contributed by atoms with van der Waals surface area (Å²) in [5.74, 6) is -0.388. The van der Waals surface area contributed by atoms with Crippen LogP contribution >= 0.6 is 11.6 Å². The first-order chi connectivity index (χ1) is 13.0. The Kier molecular flexibility index (Phi) is 5.74. The van der Waals surface area contributed by atoms with Crippen molar-refractivity contribution in [3.05, 3.63) is 88.9 Å². The van der Waals surface area contributed by atoms with Gasteiger partial charge in [0.25, 0.3) is 5.91 Å². The third-order valence-corrected chi connectivity index (χ3v) is 4.06.